The summed E-state index contributed by atoms with van der Waals surface area (Å²) in [6, 6.07) is 0. The molecular weight excluding hydrogens is 455 g/mol. The number of ether oxygens (including phenoxy) is 1. The Morgan fingerprint density at radius 1 is 0.943 bits per heavy atom. The van der Waals surface area contributed by atoms with Gasteiger partial charge in [-0.1, -0.05) is 94.6 Å². The largest absolute Gasteiger partial charge is 0.469 e. The second kappa shape index (κ2) is 18.8. The zero-order valence-electron chi connectivity index (χ0n) is 23.0. The van der Waals surface area contributed by atoms with E-state index in [0.717, 1.165) is 38.4 Å². The second-order valence-electron chi connectivity index (χ2n) is 10.1. The minimum atomic E-state index is -1.56. The maximum absolute atomic E-state index is 11.4. The van der Waals surface area contributed by atoms with Gasteiger partial charge in [0.05, 0.1) is 25.4 Å². The third kappa shape index (κ3) is 16.1. The molecule has 1 heterocycles. The molecule has 0 aliphatic carbocycles. The molecule has 0 bridgehead atoms. The molecule has 3 unspecified atom stereocenters. The van der Waals surface area contributed by atoms with E-state index in [1.54, 1.807) is 0 Å². The molecule has 0 N–H and O–H groups in total. The maximum Gasteiger partial charge on any atom is 0.457 e. The topological polar surface area (TPSA) is 54.0 Å². The molecule has 0 saturated carbocycles. The predicted molar refractivity (Wildman–Crippen MR) is 150 cm³/mol. The fraction of sp³-hybridized carbons (Fsp3) is 0.679. The highest BCUT2D eigenvalue weighted by atomic mass is 28.4. The van der Waals surface area contributed by atoms with Crippen LogP contribution in [0.5, 0.6) is 0 Å². The van der Waals surface area contributed by atoms with Crippen LogP contribution in [0.15, 0.2) is 48.6 Å². The Balaban J connectivity index is 2.56. The van der Waals surface area contributed by atoms with Crippen molar-refractivity contribution in [2.75, 3.05) is 7.11 Å². The second-order valence-corrected chi connectivity index (χ2v) is 14.6. The molecule has 1 aliphatic rings. The fourth-order valence-corrected chi connectivity index (χ4v) is 4.99. The van der Waals surface area contributed by atoms with E-state index in [1.807, 2.05) is 24.3 Å². The molecule has 3 atom stereocenters. The van der Waals surface area contributed by atoms with Crippen LogP contribution < -0.4 is 0 Å². The highest BCUT2D eigenvalue weighted by Gasteiger charge is 2.37. The highest BCUT2D eigenvalue weighted by Crippen LogP contribution is 2.25. The van der Waals surface area contributed by atoms with Crippen LogP contribution in [0.2, 0.25) is 26.0 Å². The molecule has 0 amide bonds. The van der Waals surface area contributed by atoms with Gasteiger partial charge in [-0.05, 0) is 45.2 Å². The monoisotopic (exact) mass is 504 g/mol. The van der Waals surface area contributed by atoms with Crippen LogP contribution in [-0.4, -0.2) is 46.8 Å². The normalized spacial score (nSPS) is 20.2. The summed E-state index contributed by atoms with van der Waals surface area (Å²) < 4.78 is 23.3. The number of carbonyl (C=O) groups is 1. The van der Waals surface area contributed by atoms with Gasteiger partial charge in [0.25, 0.3) is 0 Å². The third-order valence-corrected chi connectivity index (χ3v) is 6.68. The first-order valence-electron chi connectivity index (χ1n) is 13.5. The molecule has 1 fully saturated rings. The van der Waals surface area contributed by atoms with Gasteiger partial charge in [0.2, 0.25) is 0 Å². The number of allylic oxidation sites excluding steroid dienone is 6. The maximum atomic E-state index is 11.4. The number of esters is 1. The van der Waals surface area contributed by atoms with Crippen LogP contribution in [-0.2, 0) is 23.3 Å². The summed E-state index contributed by atoms with van der Waals surface area (Å²) in [5.41, 5.74) is 0. The van der Waals surface area contributed by atoms with Crippen LogP contribution in [0, 0.1) is 0 Å². The molecule has 198 valence electrons. The lowest BCUT2D eigenvalue weighted by atomic mass is 9.83. The van der Waals surface area contributed by atoms with E-state index in [1.165, 1.54) is 26.4 Å². The Bertz CT molecular complexity index is 683. The zero-order chi connectivity index (χ0) is 25.9. The van der Waals surface area contributed by atoms with Crippen LogP contribution in [0.3, 0.4) is 0 Å². The first-order chi connectivity index (χ1) is 16.8. The van der Waals surface area contributed by atoms with Gasteiger partial charge in [-0.15, -0.1) is 0 Å². The van der Waals surface area contributed by atoms with Crippen molar-refractivity contribution in [3.05, 3.63) is 48.6 Å². The molecule has 35 heavy (non-hydrogen) atoms. The van der Waals surface area contributed by atoms with E-state index in [9.17, 15) is 4.79 Å². The van der Waals surface area contributed by atoms with Crippen molar-refractivity contribution >= 4 is 21.4 Å². The van der Waals surface area contributed by atoms with Gasteiger partial charge < -0.3 is 18.5 Å². The number of unbranched alkanes of at least 4 members (excludes halogenated alkanes) is 3. The van der Waals surface area contributed by atoms with E-state index in [-0.39, 0.29) is 31.4 Å². The first kappa shape index (κ1) is 31.6. The van der Waals surface area contributed by atoms with E-state index in [0.29, 0.717) is 6.42 Å². The molecule has 0 spiro atoms. The molecule has 0 radical (unpaired) electrons. The van der Waals surface area contributed by atoms with Crippen LogP contribution in [0.25, 0.3) is 0 Å². The lowest BCUT2D eigenvalue weighted by Gasteiger charge is -2.24. The number of hydrogen-bond donors (Lipinski definition) is 0. The molecule has 1 aliphatic heterocycles. The molecule has 0 aromatic carbocycles. The number of rotatable bonds is 18. The van der Waals surface area contributed by atoms with E-state index >= 15 is 0 Å². The molecular formula is C28H49BO5Si. The quantitative estimate of drug-likeness (QED) is 0.0841. The average Bonchev–Trinajstić information content (AvgIpc) is 3.19. The van der Waals surface area contributed by atoms with E-state index in [2.05, 4.69) is 57.8 Å². The van der Waals surface area contributed by atoms with Crippen LogP contribution >= 0.6 is 0 Å². The van der Waals surface area contributed by atoms with Crippen molar-refractivity contribution in [1.82, 2.24) is 0 Å². The van der Waals surface area contributed by atoms with Gasteiger partial charge in [0, 0.05) is 6.42 Å². The summed E-state index contributed by atoms with van der Waals surface area (Å²) in [7, 11) is -0.295. The Morgan fingerprint density at radius 3 is 2.29 bits per heavy atom. The highest BCUT2D eigenvalue weighted by molar-refractivity contribution is 6.69. The van der Waals surface area contributed by atoms with Crippen LogP contribution in [0.4, 0.5) is 0 Å². The predicted octanol–water partition coefficient (Wildman–Crippen LogP) is 7.43. The molecule has 0 aromatic heterocycles. The van der Waals surface area contributed by atoms with Gasteiger partial charge in [-0.25, -0.2) is 0 Å². The Kier molecular flexibility index (Phi) is 17.0. The molecule has 0 aromatic rings. The summed E-state index contributed by atoms with van der Waals surface area (Å²) in [6.07, 6.45) is 26.3. The Labute approximate surface area is 216 Å². The molecule has 7 heteroatoms. The average molecular weight is 505 g/mol. The Hall–Kier alpha value is -1.41. The summed E-state index contributed by atoms with van der Waals surface area (Å²) in [4.78, 5) is 11.4. The number of carbonyl (C=O) groups excluding carboxylic acids is 1. The van der Waals surface area contributed by atoms with E-state index < -0.39 is 8.32 Å². The molecule has 1 saturated heterocycles. The summed E-state index contributed by atoms with van der Waals surface area (Å²) in [5.74, 6) is -0.179. The SMILES string of the molecule is CCCCCC(/C=C/C=C\C=C\C=C\C1OB(CCCC)OC1CCCC(=O)OC)O[Si](C)(C)C. The summed E-state index contributed by atoms with van der Waals surface area (Å²) in [6.45, 7) is 11.1. The smallest absolute Gasteiger partial charge is 0.457 e. The van der Waals surface area contributed by atoms with Crippen LogP contribution in [0.1, 0.15) is 71.6 Å². The van der Waals surface area contributed by atoms with Gasteiger partial charge in [-0.3, -0.25) is 4.79 Å². The van der Waals surface area contributed by atoms with E-state index in [4.69, 9.17) is 18.5 Å². The number of methoxy groups -OCH3 is 1. The van der Waals surface area contributed by atoms with Crippen molar-refractivity contribution in [3.63, 3.8) is 0 Å². The van der Waals surface area contributed by atoms with Gasteiger partial charge >= 0.3 is 13.1 Å². The minimum absolute atomic E-state index is 0.0272. The van der Waals surface area contributed by atoms with Crippen molar-refractivity contribution in [2.45, 2.75) is 116 Å². The first-order valence-corrected chi connectivity index (χ1v) is 16.9. The lowest BCUT2D eigenvalue weighted by molar-refractivity contribution is -0.140. The molecule has 5 nitrogen and oxygen atoms in total. The van der Waals surface area contributed by atoms with Gasteiger partial charge in [-0.2, -0.15) is 0 Å². The van der Waals surface area contributed by atoms with Crippen molar-refractivity contribution in [1.29, 1.82) is 0 Å². The van der Waals surface area contributed by atoms with Gasteiger partial charge in [0.1, 0.15) is 0 Å². The molecule has 1 rings (SSSR count). The third-order valence-electron chi connectivity index (χ3n) is 5.67. The fourth-order valence-electron chi connectivity index (χ4n) is 3.89. The van der Waals surface area contributed by atoms with Crippen molar-refractivity contribution in [2.24, 2.45) is 0 Å². The standard InChI is InChI=1S/C28H49BO5Si/c1-7-9-15-19-25(34-35(4,5)6)20-16-13-11-12-14-17-21-26-27(22-18-23-28(30)31-3)33-29(32-26)24-10-8-2/h11-14,16-17,20-21,25-27H,7-10,15,18-19,22-24H2,1-6H3/b13-11-,14-12+,20-16+,21-17+. The minimum Gasteiger partial charge on any atom is -0.469 e. The number of hydrogen-bond acceptors (Lipinski definition) is 5. The van der Waals surface area contributed by atoms with Gasteiger partial charge in [0.15, 0.2) is 8.32 Å². The lowest BCUT2D eigenvalue weighted by Crippen LogP contribution is -2.31. The van der Waals surface area contributed by atoms with Crippen molar-refractivity contribution in [3.8, 4) is 0 Å². The van der Waals surface area contributed by atoms with Crippen molar-refractivity contribution < 1.29 is 23.3 Å². The Morgan fingerprint density at radius 2 is 1.63 bits per heavy atom. The zero-order valence-corrected chi connectivity index (χ0v) is 24.0. The summed E-state index contributed by atoms with van der Waals surface area (Å²) >= 11 is 0. The summed E-state index contributed by atoms with van der Waals surface area (Å²) in [5, 5.41) is 0.